The van der Waals surface area contributed by atoms with Gasteiger partial charge >= 0.3 is 0 Å². The monoisotopic (exact) mass is 214 g/mol. The Labute approximate surface area is 89.7 Å². The van der Waals surface area contributed by atoms with Crippen LogP contribution in [0.15, 0.2) is 23.1 Å². The van der Waals surface area contributed by atoms with Crippen LogP contribution in [0.3, 0.4) is 0 Å². The summed E-state index contributed by atoms with van der Waals surface area (Å²) in [5.41, 5.74) is 0. The third-order valence-electron chi connectivity index (χ3n) is 1.82. The molecule has 0 bridgehead atoms. The topological polar surface area (TPSA) is 9.23 Å². The van der Waals surface area contributed by atoms with Crippen LogP contribution in [-0.4, -0.2) is 6.61 Å². The molecular weight excluding hydrogens is 199 g/mol. The first-order valence-corrected chi connectivity index (χ1v) is 5.15. The minimum atomic E-state index is -0.308. The molecule has 0 aliphatic rings. The van der Waals surface area contributed by atoms with Gasteiger partial charge in [0.1, 0.15) is 11.6 Å². The first-order chi connectivity index (χ1) is 6.58. The van der Waals surface area contributed by atoms with Crippen LogP contribution in [-0.2, 0) is 0 Å². The zero-order valence-corrected chi connectivity index (χ0v) is 9.35. The summed E-state index contributed by atoms with van der Waals surface area (Å²) in [5.74, 6) is 0.840. The van der Waals surface area contributed by atoms with Crippen molar-refractivity contribution < 1.29 is 9.13 Å². The largest absolute Gasteiger partial charge is 0.493 e. The fraction of sp³-hybridized carbons (Fsp3) is 0.455. The summed E-state index contributed by atoms with van der Waals surface area (Å²) >= 11 is 4.07. The second-order valence-corrected chi connectivity index (χ2v) is 4.19. The van der Waals surface area contributed by atoms with Gasteiger partial charge in [-0.1, -0.05) is 13.8 Å². The number of ether oxygens (including phenoxy) is 1. The molecule has 0 aromatic heterocycles. The molecule has 14 heavy (non-hydrogen) atoms. The summed E-state index contributed by atoms with van der Waals surface area (Å²) in [6, 6.07) is 4.45. The van der Waals surface area contributed by atoms with Crippen molar-refractivity contribution in [2.24, 2.45) is 5.92 Å². The van der Waals surface area contributed by atoms with Crippen molar-refractivity contribution in [1.29, 1.82) is 0 Å². The Morgan fingerprint density at radius 1 is 1.36 bits per heavy atom. The molecule has 0 N–H and O–H groups in total. The molecule has 0 saturated heterocycles. The van der Waals surface area contributed by atoms with E-state index in [1.54, 1.807) is 6.07 Å². The molecule has 1 nitrogen and oxygen atoms in total. The molecule has 0 amide bonds. The molecule has 1 aromatic rings. The van der Waals surface area contributed by atoms with Gasteiger partial charge in [-0.3, -0.25) is 0 Å². The molecule has 0 heterocycles. The number of hydrogen-bond acceptors (Lipinski definition) is 2. The van der Waals surface area contributed by atoms with Gasteiger partial charge in [0.15, 0.2) is 0 Å². The maximum absolute atomic E-state index is 12.9. The summed E-state index contributed by atoms with van der Waals surface area (Å²) in [5, 5.41) is 0. The van der Waals surface area contributed by atoms with Crippen LogP contribution in [0.5, 0.6) is 5.75 Å². The normalized spacial score (nSPS) is 10.6. The van der Waals surface area contributed by atoms with Crippen LogP contribution in [0.2, 0.25) is 0 Å². The Morgan fingerprint density at radius 2 is 2.07 bits per heavy atom. The van der Waals surface area contributed by atoms with E-state index in [1.807, 2.05) is 0 Å². The van der Waals surface area contributed by atoms with Gasteiger partial charge in [-0.15, -0.1) is 12.6 Å². The average Bonchev–Trinajstić information content (AvgIpc) is 2.01. The van der Waals surface area contributed by atoms with E-state index in [0.29, 0.717) is 23.2 Å². The average molecular weight is 214 g/mol. The molecule has 3 heteroatoms. The quantitative estimate of drug-likeness (QED) is 0.754. The maximum atomic E-state index is 12.9. The molecule has 1 rings (SSSR count). The van der Waals surface area contributed by atoms with Crippen LogP contribution in [0.25, 0.3) is 0 Å². The standard InChI is InChI=1S/C11H15FOS/c1-8(2)3-4-13-10-5-9(12)6-11(14)7-10/h5-8,14H,3-4H2,1-2H3. The third-order valence-corrected chi connectivity index (χ3v) is 2.08. The Hall–Kier alpha value is -0.700. The Kier molecular flexibility index (Phi) is 4.26. The first-order valence-electron chi connectivity index (χ1n) is 4.70. The molecule has 78 valence electrons. The molecule has 0 radical (unpaired) electrons. The third kappa shape index (κ3) is 4.01. The Bertz CT molecular complexity index is 279. The van der Waals surface area contributed by atoms with Crippen molar-refractivity contribution in [2.75, 3.05) is 6.61 Å². The highest BCUT2D eigenvalue weighted by atomic mass is 32.1. The molecule has 1 aromatic carbocycles. The van der Waals surface area contributed by atoms with Gasteiger partial charge in [-0.25, -0.2) is 4.39 Å². The summed E-state index contributed by atoms with van der Waals surface area (Å²) in [6.45, 7) is 4.87. The highest BCUT2D eigenvalue weighted by molar-refractivity contribution is 7.80. The van der Waals surface area contributed by atoms with E-state index >= 15 is 0 Å². The van der Waals surface area contributed by atoms with E-state index < -0.39 is 0 Å². The first kappa shape index (κ1) is 11.4. The highest BCUT2D eigenvalue weighted by Crippen LogP contribution is 2.19. The van der Waals surface area contributed by atoms with Crippen molar-refractivity contribution >= 4 is 12.6 Å². The SMILES string of the molecule is CC(C)CCOc1cc(F)cc(S)c1. The van der Waals surface area contributed by atoms with Gasteiger partial charge in [0.05, 0.1) is 6.61 Å². The Morgan fingerprint density at radius 3 is 2.64 bits per heavy atom. The number of hydrogen-bond donors (Lipinski definition) is 1. The minimum absolute atomic E-state index is 0.308. The summed E-state index contributed by atoms with van der Waals surface area (Å²) in [6.07, 6.45) is 0.971. The van der Waals surface area contributed by atoms with Gasteiger partial charge < -0.3 is 4.74 Å². The predicted octanol–water partition coefficient (Wildman–Crippen LogP) is 3.54. The van der Waals surface area contributed by atoms with Crippen LogP contribution in [0.4, 0.5) is 4.39 Å². The predicted molar refractivity (Wildman–Crippen MR) is 58.6 cm³/mol. The second-order valence-electron chi connectivity index (χ2n) is 3.68. The lowest BCUT2D eigenvalue weighted by molar-refractivity contribution is 0.287. The summed E-state index contributed by atoms with van der Waals surface area (Å²) in [4.78, 5) is 0.588. The summed E-state index contributed by atoms with van der Waals surface area (Å²) in [7, 11) is 0. The van der Waals surface area contributed by atoms with Gasteiger partial charge in [-0.05, 0) is 24.5 Å². The van der Waals surface area contributed by atoms with E-state index in [4.69, 9.17) is 4.74 Å². The smallest absolute Gasteiger partial charge is 0.128 e. The molecule has 0 aliphatic heterocycles. The van der Waals surface area contributed by atoms with Gasteiger partial charge in [0.25, 0.3) is 0 Å². The lowest BCUT2D eigenvalue weighted by Gasteiger charge is -2.08. The number of thiol groups is 1. The zero-order chi connectivity index (χ0) is 10.6. The Balaban J connectivity index is 2.50. The van der Waals surface area contributed by atoms with Crippen LogP contribution < -0.4 is 4.74 Å². The lowest BCUT2D eigenvalue weighted by atomic mass is 10.1. The fourth-order valence-electron chi connectivity index (χ4n) is 1.04. The summed E-state index contributed by atoms with van der Waals surface area (Å²) < 4.78 is 18.3. The van der Waals surface area contributed by atoms with E-state index in [9.17, 15) is 4.39 Å². The molecule has 0 saturated carbocycles. The maximum Gasteiger partial charge on any atom is 0.128 e. The van der Waals surface area contributed by atoms with Crippen LogP contribution in [0.1, 0.15) is 20.3 Å². The fourth-order valence-corrected chi connectivity index (χ4v) is 1.29. The molecule has 0 atom stereocenters. The van der Waals surface area contributed by atoms with Gasteiger partial charge in [-0.2, -0.15) is 0 Å². The number of rotatable bonds is 4. The number of halogens is 1. The van der Waals surface area contributed by atoms with Gasteiger partial charge in [0.2, 0.25) is 0 Å². The van der Waals surface area contributed by atoms with Crippen molar-refractivity contribution in [3.63, 3.8) is 0 Å². The molecular formula is C11H15FOS. The molecule has 0 unspecified atom stereocenters. The molecule has 0 aliphatic carbocycles. The lowest BCUT2D eigenvalue weighted by Crippen LogP contribution is -2.01. The van der Waals surface area contributed by atoms with Crippen LogP contribution >= 0.6 is 12.6 Å². The second kappa shape index (κ2) is 5.25. The van der Waals surface area contributed by atoms with Gasteiger partial charge in [0, 0.05) is 11.0 Å². The minimum Gasteiger partial charge on any atom is -0.493 e. The van der Waals surface area contributed by atoms with E-state index in [1.165, 1.54) is 12.1 Å². The molecule has 0 spiro atoms. The molecule has 0 fully saturated rings. The van der Waals surface area contributed by atoms with E-state index in [-0.39, 0.29) is 5.82 Å². The zero-order valence-electron chi connectivity index (χ0n) is 8.46. The van der Waals surface area contributed by atoms with Crippen molar-refractivity contribution in [2.45, 2.75) is 25.2 Å². The van der Waals surface area contributed by atoms with Crippen molar-refractivity contribution in [3.05, 3.63) is 24.0 Å². The van der Waals surface area contributed by atoms with Crippen LogP contribution in [0, 0.1) is 11.7 Å². The van der Waals surface area contributed by atoms with Crippen molar-refractivity contribution in [1.82, 2.24) is 0 Å². The van der Waals surface area contributed by atoms with E-state index in [0.717, 1.165) is 6.42 Å². The highest BCUT2D eigenvalue weighted by Gasteiger charge is 2.00. The van der Waals surface area contributed by atoms with Crippen molar-refractivity contribution in [3.8, 4) is 5.75 Å². The van der Waals surface area contributed by atoms with E-state index in [2.05, 4.69) is 26.5 Å². The number of benzene rings is 1.